The Bertz CT molecular complexity index is 433. The molecule has 20 heavy (non-hydrogen) atoms. The molecule has 4 nitrogen and oxygen atoms in total. The number of thiazole rings is 1. The van der Waals surface area contributed by atoms with Crippen molar-refractivity contribution < 1.29 is 0 Å². The van der Waals surface area contributed by atoms with E-state index in [1.807, 2.05) is 17.5 Å². The first kappa shape index (κ1) is 14.3. The number of hydrogen-bond donors (Lipinski definition) is 1. The van der Waals surface area contributed by atoms with Crippen LogP contribution in [0.1, 0.15) is 38.0 Å². The quantitative estimate of drug-likeness (QED) is 0.923. The van der Waals surface area contributed by atoms with Gasteiger partial charge < -0.3 is 10.2 Å². The molecule has 2 unspecified atom stereocenters. The largest absolute Gasteiger partial charge is 0.343 e. The zero-order valence-corrected chi connectivity index (χ0v) is 13.5. The zero-order chi connectivity index (χ0) is 13.9. The number of anilines is 1. The molecular formula is C15H26N4S. The summed E-state index contributed by atoms with van der Waals surface area (Å²) in [4.78, 5) is 11.2. The van der Waals surface area contributed by atoms with E-state index >= 15 is 0 Å². The average Bonchev–Trinajstić information content (AvgIpc) is 2.93. The number of hydrogen-bond acceptors (Lipinski definition) is 5. The van der Waals surface area contributed by atoms with Crippen molar-refractivity contribution in [2.45, 2.75) is 51.7 Å². The summed E-state index contributed by atoms with van der Waals surface area (Å²) in [5.41, 5.74) is 0. The van der Waals surface area contributed by atoms with Crippen molar-refractivity contribution in [2.24, 2.45) is 0 Å². The van der Waals surface area contributed by atoms with Crippen LogP contribution in [0.2, 0.25) is 0 Å². The highest BCUT2D eigenvalue weighted by molar-refractivity contribution is 7.15. The van der Waals surface area contributed by atoms with Crippen LogP contribution in [0.15, 0.2) is 6.20 Å². The Morgan fingerprint density at radius 3 is 3.15 bits per heavy atom. The Kier molecular flexibility index (Phi) is 4.58. The maximum Gasteiger partial charge on any atom is 0.185 e. The molecule has 1 aromatic heterocycles. The van der Waals surface area contributed by atoms with Crippen LogP contribution < -0.4 is 10.2 Å². The minimum atomic E-state index is 0.586. The molecule has 0 spiro atoms. The second-order valence-electron chi connectivity index (χ2n) is 6.04. The molecule has 3 heterocycles. The van der Waals surface area contributed by atoms with Crippen LogP contribution in [-0.2, 0) is 6.54 Å². The molecule has 5 heteroatoms. The maximum atomic E-state index is 4.67. The van der Waals surface area contributed by atoms with E-state index in [0.717, 1.165) is 25.7 Å². The summed E-state index contributed by atoms with van der Waals surface area (Å²) in [7, 11) is 0. The zero-order valence-electron chi connectivity index (χ0n) is 12.6. The van der Waals surface area contributed by atoms with Gasteiger partial charge in [-0.25, -0.2) is 4.98 Å². The lowest BCUT2D eigenvalue weighted by Gasteiger charge is -2.47. The lowest BCUT2D eigenvalue weighted by atomic mass is 9.97. The van der Waals surface area contributed by atoms with E-state index in [9.17, 15) is 0 Å². The third kappa shape index (κ3) is 3.00. The fourth-order valence-electron chi connectivity index (χ4n) is 3.38. The highest BCUT2D eigenvalue weighted by Crippen LogP contribution is 2.30. The molecular weight excluding hydrogens is 268 g/mol. The van der Waals surface area contributed by atoms with E-state index in [2.05, 4.69) is 33.9 Å². The molecule has 3 rings (SSSR count). The summed E-state index contributed by atoms with van der Waals surface area (Å²) < 4.78 is 0. The minimum absolute atomic E-state index is 0.586. The average molecular weight is 294 g/mol. The molecule has 2 aliphatic rings. The Morgan fingerprint density at radius 1 is 1.40 bits per heavy atom. The van der Waals surface area contributed by atoms with E-state index in [-0.39, 0.29) is 0 Å². The molecule has 0 aromatic carbocycles. The Morgan fingerprint density at radius 2 is 2.30 bits per heavy atom. The predicted molar refractivity (Wildman–Crippen MR) is 85.5 cm³/mol. The normalized spacial score (nSPS) is 27.6. The molecule has 1 aromatic rings. The van der Waals surface area contributed by atoms with Crippen molar-refractivity contribution in [2.75, 3.05) is 31.1 Å². The molecule has 112 valence electrons. The maximum absolute atomic E-state index is 4.67. The van der Waals surface area contributed by atoms with Gasteiger partial charge in [0, 0.05) is 42.8 Å². The van der Waals surface area contributed by atoms with Gasteiger partial charge in [0.1, 0.15) is 0 Å². The molecule has 2 atom stereocenters. The summed E-state index contributed by atoms with van der Waals surface area (Å²) >= 11 is 1.86. The lowest BCUT2D eigenvalue weighted by molar-refractivity contribution is 0.115. The fraction of sp³-hybridized carbons (Fsp3) is 0.800. The second-order valence-corrected chi connectivity index (χ2v) is 7.13. The number of piperidine rings is 1. The predicted octanol–water partition coefficient (Wildman–Crippen LogP) is 2.32. The van der Waals surface area contributed by atoms with E-state index < -0.39 is 0 Å². The smallest absolute Gasteiger partial charge is 0.185 e. The van der Waals surface area contributed by atoms with Gasteiger partial charge in [-0.2, -0.15) is 0 Å². The van der Waals surface area contributed by atoms with Gasteiger partial charge in [-0.1, -0.05) is 13.3 Å². The highest BCUT2D eigenvalue weighted by atomic mass is 32.1. The number of fused-ring (bicyclic) bond motifs is 1. The van der Waals surface area contributed by atoms with E-state index in [0.29, 0.717) is 6.04 Å². The monoisotopic (exact) mass is 294 g/mol. The topological polar surface area (TPSA) is 31.4 Å². The summed E-state index contributed by atoms with van der Waals surface area (Å²) in [5, 5.41) is 4.60. The van der Waals surface area contributed by atoms with Gasteiger partial charge in [0.05, 0.1) is 0 Å². The van der Waals surface area contributed by atoms with Crippen LogP contribution >= 0.6 is 11.3 Å². The van der Waals surface area contributed by atoms with Crippen molar-refractivity contribution in [1.29, 1.82) is 0 Å². The van der Waals surface area contributed by atoms with E-state index in [1.165, 1.54) is 42.4 Å². The first-order chi connectivity index (χ1) is 9.78. The Hall–Kier alpha value is -0.650. The van der Waals surface area contributed by atoms with Gasteiger partial charge in [-0.05, 0) is 32.9 Å². The Labute approximate surface area is 126 Å². The molecule has 0 saturated carbocycles. The number of aromatic nitrogens is 1. The van der Waals surface area contributed by atoms with Crippen molar-refractivity contribution >= 4 is 16.5 Å². The van der Waals surface area contributed by atoms with Crippen LogP contribution in [0.4, 0.5) is 5.13 Å². The number of nitrogens with one attached hydrogen (secondary N) is 1. The molecule has 0 amide bonds. The van der Waals surface area contributed by atoms with Crippen molar-refractivity contribution in [1.82, 2.24) is 15.2 Å². The van der Waals surface area contributed by atoms with Gasteiger partial charge in [-0.15, -0.1) is 11.3 Å². The molecule has 2 aliphatic heterocycles. The van der Waals surface area contributed by atoms with Crippen molar-refractivity contribution in [3.63, 3.8) is 0 Å². The van der Waals surface area contributed by atoms with Crippen molar-refractivity contribution in [3.05, 3.63) is 11.1 Å². The van der Waals surface area contributed by atoms with Gasteiger partial charge in [0.25, 0.3) is 0 Å². The number of rotatable bonds is 4. The van der Waals surface area contributed by atoms with E-state index in [1.54, 1.807) is 0 Å². The SMILES string of the molecule is CCNCc1cnc(N2CC3CCCCN3CC2C)s1. The standard InChI is InChI=1S/C15H26N4S/c1-3-16-8-14-9-17-15(20-14)19-11-13-6-4-5-7-18(13)10-12(19)2/h9,12-13,16H,3-8,10-11H2,1-2H3. The van der Waals surface area contributed by atoms with Gasteiger partial charge in [0.2, 0.25) is 0 Å². The molecule has 0 radical (unpaired) electrons. The number of nitrogens with zero attached hydrogens (tertiary/aromatic N) is 3. The van der Waals surface area contributed by atoms with Gasteiger partial charge in [0.15, 0.2) is 5.13 Å². The second kappa shape index (κ2) is 6.41. The van der Waals surface area contributed by atoms with Crippen LogP contribution in [0.5, 0.6) is 0 Å². The summed E-state index contributed by atoms with van der Waals surface area (Å²) in [6, 6.07) is 1.34. The third-order valence-electron chi connectivity index (χ3n) is 4.52. The van der Waals surface area contributed by atoms with Crippen LogP contribution in [-0.4, -0.2) is 48.1 Å². The third-order valence-corrected chi connectivity index (χ3v) is 5.56. The molecule has 0 bridgehead atoms. The fourth-order valence-corrected chi connectivity index (χ4v) is 4.37. The summed E-state index contributed by atoms with van der Waals surface area (Å²) in [6.45, 7) is 10.1. The van der Waals surface area contributed by atoms with Crippen LogP contribution in [0.3, 0.4) is 0 Å². The summed E-state index contributed by atoms with van der Waals surface area (Å²) in [6.07, 6.45) is 6.18. The number of piperazine rings is 1. The first-order valence-electron chi connectivity index (χ1n) is 7.94. The van der Waals surface area contributed by atoms with Crippen LogP contribution in [0, 0.1) is 0 Å². The highest BCUT2D eigenvalue weighted by Gasteiger charge is 2.33. The Balaban J connectivity index is 1.67. The molecule has 0 aliphatic carbocycles. The van der Waals surface area contributed by atoms with Crippen molar-refractivity contribution in [3.8, 4) is 0 Å². The van der Waals surface area contributed by atoms with Gasteiger partial charge in [-0.3, -0.25) is 4.90 Å². The lowest BCUT2D eigenvalue weighted by Crippen LogP contribution is -2.58. The molecule has 1 N–H and O–H groups in total. The van der Waals surface area contributed by atoms with E-state index in [4.69, 9.17) is 0 Å². The minimum Gasteiger partial charge on any atom is -0.343 e. The van der Waals surface area contributed by atoms with Crippen LogP contribution in [0.25, 0.3) is 0 Å². The summed E-state index contributed by atoms with van der Waals surface area (Å²) in [5.74, 6) is 0. The molecule has 2 fully saturated rings. The first-order valence-corrected chi connectivity index (χ1v) is 8.75. The molecule has 2 saturated heterocycles. The van der Waals surface area contributed by atoms with Gasteiger partial charge >= 0.3 is 0 Å².